The number of carbonyl (C=O) groups is 5. The number of thioether (sulfide) groups is 1. The van der Waals surface area contributed by atoms with Crippen molar-refractivity contribution in [2.24, 2.45) is 10.8 Å². The summed E-state index contributed by atoms with van der Waals surface area (Å²) in [6, 6.07) is 3.56. The van der Waals surface area contributed by atoms with Gasteiger partial charge in [-0.3, -0.25) is 28.9 Å². The van der Waals surface area contributed by atoms with Crippen LogP contribution in [0.15, 0.2) is 23.3 Å². The summed E-state index contributed by atoms with van der Waals surface area (Å²) >= 11 is 1.24. The third-order valence-corrected chi connectivity index (χ3v) is 12.2. The maximum Gasteiger partial charge on any atom is 0.242 e. The number of nitrogens with zero attached hydrogens (tertiary/aromatic N) is 2. The van der Waals surface area contributed by atoms with Gasteiger partial charge < -0.3 is 50.6 Å². The Balaban J connectivity index is 1.23. The Hall–Kier alpha value is -4.47. The topological polar surface area (TPSA) is 288 Å². The Morgan fingerprint density at radius 2 is 1.83 bits per heavy atom. The lowest BCUT2D eigenvalue weighted by Gasteiger charge is -2.43. The average Bonchev–Trinajstić information content (AvgIpc) is 3.46. The number of ether oxygens (including phenoxy) is 3. The molecule has 6 rings (SSSR count). The van der Waals surface area contributed by atoms with Crippen LogP contribution >= 0.6 is 11.8 Å². The first kappa shape index (κ1) is 43.1. The number of hydrogen-bond donors (Lipinski definition) is 8. The van der Waals surface area contributed by atoms with Gasteiger partial charge in [-0.2, -0.15) is 5.10 Å². The van der Waals surface area contributed by atoms with Crippen molar-refractivity contribution in [3.8, 4) is 17.2 Å². The number of phenols is 2. The summed E-state index contributed by atoms with van der Waals surface area (Å²) in [7, 11) is 1.31. The van der Waals surface area contributed by atoms with E-state index in [9.17, 15) is 49.5 Å². The first-order valence-electron chi connectivity index (χ1n) is 19.0. The molecule has 18 nitrogen and oxygen atoms in total. The summed E-state index contributed by atoms with van der Waals surface area (Å²) in [4.78, 5) is 66.8. The predicted molar refractivity (Wildman–Crippen MR) is 205 cm³/mol. The molecule has 2 aromatic rings. The van der Waals surface area contributed by atoms with Gasteiger partial charge in [-0.25, -0.2) is 5.43 Å². The standard InChI is InChI=1S/C39H48N4O14S/c1-18-33(48)21(40)13-28(56-18)57-23-16-39(54,25(17-45)41-42-26(46)9-4-3-5-10-43-27(47)14-24(38(43)53)58-12-11-44)15-20-30(23)37(52)32-31(35(20)50)34(49)19-7-6-8-22(55-2)29(19)36(32)51/h6-8,18,21,23-24,28,33,44-45,48,50,52,54H,3-5,9-17,40H2,1-2H3,(H,42,46)/b41-25+/t18-,21-,23-,24?,28-,33+,39-/m0/s1. The van der Waals surface area contributed by atoms with E-state index >= 15 is 0 Å². The van der Waals surface area contributed by atoms with Crippen molar-refractivity contribution in [1.82, 2.24) is 10.3 Å². The fourth-order valence-electron chi connectivity index (χ4n) is 8.03. The van der Waals surface area contributed by atoms with Crippen molar-refractivity contribution < 1.29 is 68.8 Å². The van der Waals surface area contributed by atoms with Crippen LogP contribution in [0.25, 0.3) is 0 Å². The molecular formula is C39H48N4O14S. The lowest BCUT2D eigenvalue weighted by atomic mass is 9.71. The summed E-state index contributed by atoms with van der Waals surface area (Å²) < 4.78 is 17.4. The van der Waals surface area contributed by atoms with Crippen LogP contribution in [0.5, 0.6) is 17.2 Å². The molecule has 0 aromatic heterocycles. The fourth-order valence-corrected chi connectivity index (χ4v) is 8.95. The van der Waals surface area contributed by atoms with E-state index in [-0.39, 0.29) is 77.9 Å². The SMILES string of the molecule is COc1cccc2c1C(=O)c1c(O)c3c(c(O)c1C2=O)C[C@@](O)(/C(CO)=N/NC(=O)CCCCCN1C(=O)CC(SCCO)C1=O)C[C@@H]3O[C@H]1C[C@H](N)[C@H](O)[C@H](C)O1. The van der Waals surface area contributed by atoms with Gasteiger partial charge in [-0.05, 0) is 25.8 Å². The van der Waals surface area contributed by atoms with Gasteiger partial charge in [0.05, 0.1) is 66.3 Å². The number of benzene rings is 2. The van der Waals surface area contributed by atoms with Crippen LogP contribution in [0.2, 0.25) is 0 Å². The van der Waals surface area contributed by atoms with Crippen LogP contribution in [0.3, 0.4) is 0 Å². The zero-order valence-electron chi connectivity index (χ0n) is 32.0. The number of phenolic OH excluding ortho intramolecular Hbond substituents is 2. The van der Waals surface area contributed by atoms with E-state index in [1.165, 1.54) is 42.0 Å². The molecule has 2 aliphatic heterocycles. The van der Waals surface area contributed by atoms with Crippen LogP contribution in [-0.4, -0.2) is 139 Å². The quantitative estimate of drug-likeness (QED) is 0.0337. The third kappa shape index (κ3) is 8.22. The van der Waals surface area contributed by atoms with Gasteiger partial charge in [0.25, 0.3) is 0 Å². The number of likely N-dealkylation sites (tertiary alicyclic amines) is 1. The summed E-state index contributed by atoms with van der Waals surface area (Å²) in [6.07, 6.45) is -4.00. The zero-order valence-corrected chi connectivity index (χ0v) is 32.8. The Bertz CT molecular complexity index is 2000. The van der Waals surface area contributed by atoms with E-state index in [4.69, 9.17) is 25.1 Å². The number of methoxy groups -OCH3 is 1. The Kier molecular flexibility index (Phi) is 13.2. The molecule has 2 aromatic carbocycles. The molecule has 4 aliphatic rings. The largest absolute Gasteiger partial charge is 0.507 e. The zero-order chi connectivity index (χ0) is 42.1. The van der Waals surface area contributed by atoms with Gasteiger partial charge in [0.1, 0.15) is 22.8 Å². The summed E-state index contributed by atoms with van der Waals surface area (Å²) in [5.41, 5.74) is 4.43. The van der Waals surface area contributed by atoms with Crippen molar-refractivity contribution >= 4 is 46.8 Å². The van der Waals surface area contributed by atoms with Crippen molar-refractivity contribution in [2.45, 2.75) is 99.8 Å². The van der Waals surface area contributed by atoms with Crippen LogP contribution < -0.4 is 15.9 Å². The Morgan fingerprint density at radius 1 is 1.09 bits per heavy atom. The van der Waals surface area contributed by atoms with Gasteiger partial charge >= 0.3 is 0 Å². The predicted octanol–water partition coefficient (Wildman–Crippen LogP) is 0.318. The number of unbranched alkanes of at least 4 members (excludes halogenated alkanes) is 2. The highest BCUT2D eigenvalue weighted by Gasteiger charge is 2.50. The molecule has 3 amide bonds. The lowest BCUT2D eigenvalue weighted by molar-refractivity contribution is -0.245. The molecule has 7 atom stereocenters. The second kappa shape index (κ2) is 17.8. The summed E-state index contributed by atoms with van der Waals surface area (Å²) in [5.74, 6) is -3.72. The number of carbonyl (C=O) groups excluding carboxylic acids is 5. The number of fused-ring (bicyclic) bond motifs is 3. The first-order valence-corrected chi connectivity index (χ1v) is 20.1. The van der Waals surface area contributed by atoms with Crippen molar-refractivity contribution in [3.05, 3.63) is 51.6 Å². The number of amides is 3. The highest BCUT2D eigenvalue weighted by Crippen LogP contribution is 2.52. The highest BCUT2D eigenvalue weighted by atomic mass is 32.2. The molecule has 314 valence electrons. The van der Waals surface area contributed by atoms with E-state index < -0.39 is 101 Å². The van der Waals surface area contributed by atoms with E-state index in [1.807, 2.05) is 0 Å². The summed E-state index contributed by atoms with van der Waals surface area (Å²) in [6.45, 7) is 0.792. The number of nitrogens with two attached hydrogens (primary N) is 1. The molecular weight excluding hydrogens is 781 g/mol. The van der Waals surface area contributed by atoms with Crippen LogP contribution in [0.1, 0.15) is 101 Å². The molecule has 2 heterocycles. The van der Waals surface area contributed by atoms with E-state index in [0.717, 1.165) is 0 Å². The van der Waals surface area contributed by atoms with E-state index in [2.05, 4.69) is 10.5 Å². The number of imide groups is 1. The number of aliphatic hydroxyl groups excluding tert-OH is 3. The molecule has 2 fully saturated rings. The number of ketones is 2. The number of aromatic hydroxyl groups is 2. The van der Waals surface area contributed by atoms with Gasteiger partial charge in [0.2, 0.25) is 23.5 Å². The molecule has 19 heteroatoms. The number of nitrogens with one attached hydrogen (secondary N) is 1. The Labute approximate surface area is 337 Å². The number of hydrogen-bond acceptors (Lipinski definition) is 17. The molecule has 1 unspecified atom stereocenters. The summed E-state index contributed by atoms with van der Waals surface area (Å²) in [5, 5.41) is 69.2. The number of aliphatic hydroxyl groups is 4. The first-order chi connectivity index (χ1) is 27.6. The second-order valence-electron chi connectivity index (χ2n) is 14.8. The van der Waals surface area contributed by atoms with Gasteiger partial charge in [-0.15, -0.1) is 11.8 Å². The minimum absolute atomic E-state index is 0.0265. The molecule has 0 saturated carbocycles. The number of rotatable bonds is 15. The van der Waals surface area contributed by atoms with E-state index in [1.54, 1.807) is 6.92 Å². The van der Waals surface area contributed by atoms with Gasteiger partial charge in [-0.1, -0.05) is 18.6 Å². The van der Waals surface area contributed by atoms with Crippen molar-refractivity contribution in [1.29, 1.82) is 0 Å². The fraction of sp³-hybridized carbons (Fsp3) is 0.538. The minimum atomic E-state index is -2.18. The number of hydrazone groups is 1. The molecule has 0 bridgehead atoms. The highest BCUT2D eigenvalue weighted by molar-refractivity contribution is 8.00. The molecule has 0 radical (unpaired) electrons. The van der Waals surface area contributed by atoms with Crippen molar-refractivity contribution in [3.63, 3.8) is 0 Å². The third-order valence-electron chi connectivity index (χ3n) is 11.0. The minimum Gasteiger partial charge on any atom is -0.507 e. The average molecular weight is 829 g/mol. The van der Waals surface area contributed by atoms with Crippen LogP contribution in [-0.2, 0) is 30.3 Å². The van der Waals surface area contributed by atoms with Crippen LogP contribution in [0.4, 0.5) is 0 Å². The maximum absolute atomic E-state index is 14.0. The molecule has 9 N–H and O–H groups in total. The molecule has 2 saturated heterocycles. The lowest BCUT2D eigenvalue weighted by Crippen LogP contribution is -2.53. The molecule has 0 spiro atoms. The second-order valence-corrected chi connectivity index (χ2v) is 16.1. The Morgan fingerprint density at radius 3 is 2.52 bits per heavy atom. The van der Waals surface area contributed by atoms with E-state index in [0.29, 0.717) is 25.0 Å². The normalized spacial score (nSPS) is 27.0. The molecule has 58 heavy (non-hydrogen) atoms. The maximum atomic E-state index is 14.0. The smallest absolute Gasteiger partial charge is 0.242 e. The van der Waals surface area contributed by atoms with Crippen LogP contribution in [0, 0.1) is 0 Å². The van der Waals surface area contributed by atoms with Gasteiger partial charge in [0.15, 0.2) is 12.1 Å². The monoisotopic (exact) mass is 828 g/mol. The molecule has 2 aliphatic carbocycles. The van der Waals surface area contributed by atoms with Crippen molar-refractivity contribution in [2.75, 3.05) is 32.6 Å². The van der Waals surface area contributed by atoms with Gasteiger partial charge in [0, 0.05) is 67.1 Å².